The van der Waals surface area contributed by atoms with Crippen molar-refractivity contribution in [2.45, 2.75) is 39.2 Å². The van der Waals surface area contributed by atoms with Crippen LogP contribution in [0.3, 0.4) is 0 Å². The number of nitrogens with one attached hydrogen (secondary N) is 1. The number of hydrogen-bond acceptors (Lipinski definition) is 3. The molecule has 0 saturated heterocycles. The van der Waals surface area contributed by atoms with Crippen molar-refractivity contribution < 1.29 is 9.47 Å². The number of unbranched alkanes of at least 4 members (excludes halogenated alkanes) is 1. The molecule has 0 amide bonds. The highest BCUT2D eigenvalue weighted by molar-refractivity contribution is 5.48. The van der Waals surface area contributed by atoms with Gasteiger partial charge in [0, 0.05) is 6.04 Å². The van der Waals surface area contributed by atoms with Crippen LogP contribution in [0.1, 0.15) is 43.4 Å². The summed E-state index contributed by atoms with van der Waals surface area (Å²) in [5.41, 5.74) is 2.53. The molecule has 0 saturated carbocycles. The van der Waals surface area contributed by atoms with E-state index in [2.05, 4.69) is 25.2 Å². The van der Waals surface area contributed by atoms with Gasteiger partial charge in [-0.05, 0) is 43.7 Å². The molecule has 1 atom stereocenters. The maximum absolute atomic E-state index is 5.38. The maximum Gasteiger partial charge on any atom is 0.161 e. The molecule has 1 rings (SSSR count). The molecule has 0 aliphatic heterocycles. The van der Waals surface area contributed by atoms with Gasteiger partial charge in [-0.25, -0.2) is 0 Å². The SMILES string of the molecule is CCCCC(NC)c1cc(OC)c(OC)cc1C. The second-order valence-corrected chi connectivity index (χ2v) is 4.55. The molecule has 3 nitrogen and oxygen atoms in total. The van der Waals surface area contributed by atoms with E-state index in [0.717, 1.165) is 17.9 Å². The Hall–Kier alpha value is -1.22. The van der Waals surface area contributed by atoms with Crippen LogP contribution in [-0.4, -0.2) is 21.3 Å². The minimum atomic E-state index is 0.379. The third-order valence-corrected chi connectivity index (χ3v) is 3.34. The highest BCUT2D eigenvalue weighted by Gasteiger charge is 2.15. The molecule has 0 spiro atoms. The van der Waals surface area contributed by atoms with Crippen molar-refractivity contribution in [1.29, 1.82) is 0 Å². The topological polar surface area (TPSA) is 30.5 Å². The van der Waals surface area contributed by atoms with Gasteiger partial charge in [-0.2, -0.15) is 0 Å². The maximum atomic E-state index is 5.38. The van der Waals surface area contributed by atoms with Crippen molar-refractivity contribution in [1.82, 2.24) is 5.32 Å². The van der Waals surface area contributed by atoms with Crippen molar-refractivity contribution in [3.63, 3.8) is 0 Å². The lowest BCUT2D eigenvalue weighted by Gasteiger charge is -2.20. The lowest BCUT2D eigenvalue weighted by molar-refractivity contribution is 0.353. The number of rotatable bonds is 7. The predicted octanol–water partition coefficient (Wildman–Crippen LogP) is 3.46. The minimum Gasteiger partial charge on any atom is -0.493 e. The van der Waals surface area contributed by atoms with Crippen LogP contribution >= 0.6 is 0 Å². The fourth-order valence-corrected chi connectivity index (χ4v) is 2.24. The molecule has 102 valence electrons. The number of methoxy groups -OCH3 is 2. The molecular weight excluding hydrogens is 226 g/mol. The van der Waals surface area contributed by atoms with Gasteiger partial charge in [0.2, 0.25) is 0 Å². The molecule has 0 bridgehead atoms. The fourth-order valence-electron chi connectivity index (χ4n) is 2.24. The number of hydrogen-bond donors (Lipinski definition) is 1. The summed E-state index contributed by atoms with van der Waals surface area (Å²) in [5, 5.41) is 3.39. The molecule has 0 aromatic heterocycles. The molecular formula is C15H25NO2. The first-order chi connectivity index (χ1) is 8.67. The average molecular weight is 251 g/mol. The van der Waals surface area contributed by atoms with E-state index in [9.17, 15) is 0 Å². The van der Waals surface area contributed by atoms with Crippen molar-refractivity contribution in [3.8, 4) is 11.5 Å². The Labute approximate surface area is 110 Å². The first kappa shape index (κ1) is 14.8. The summed E-state index contributed by atoms with van der Waals surface area (Å²) in [6.45, 7) is 4.34. The normalized spacial score (nSPS) is 12.3. The van der Waals surface area contributed by atoms with E-state index < -0.39 is 0 Å². The number of ether oxygens (including phenoxy) is 2. The second kappa shape index (κ2) is 7.27. The minimum absolute atomic E-state index is 0.379. The second-order valence-electron chi connectivity index (χ2n) is 4.55. The van der Waals surface area contributed by atoms with Gasteiger partial charge in [-0.1, -0.05) is 19.8 Å². The Morgan fingerprint density at radius 3 is 2.28 bits per heavy atom. The van der Waals surface area contributed by atoms with E-state index >= 15 is 0 Å². The Morgan fingerprint density at radius 2 is 1.78 bits per heavy atom. The number of benzene rings is 1. The summed E-state index contributed by atoms with van der Waals surface area (Å²) in [6.07, 6.45) is 3.58. The molecule has 0 aliphatic carbocycles. The van der Waals surface area contributed by atoms with Crippen LogP contribution in [0.25, 0.3) is 0 Å². The van der Waals surface area contributed by atoms with Crippen molar-refractivity contribution in [2.75, 3.05) is 21.3 Å². The highest BCUT2D eigenvalue weighted by Crippen LogP contribution is 2.34. The zero-order chi connectivity index (χ0) is 13.5. The number of aryl methyl sites for hydroxylation is 1. The van der Waals surface area contributed by atoms with Gasteiger partial charge in [-0.3, -0.25) is 0 Å². The van der Waals surface area contributed by atoms with Gasteiger partial charge >= 0.3 is 0 Å². The molecule has 3 heteroatoms. The Balaban J connectivity index is 3.06. The summed E-state index contributed by atoms with van der Waals surface area (Å²) < 4.78 is 10.7. The molecule has 0 fully saturated rings. The van der Waals surface area contributed by atoms with Gasteiger partial charge < -0.3 is 14.8 Å². The van der Waals surface area contributed by atoms with E-state index in [1.54, 1.807) is 14.2 Å². The van der Waals surface area contributed by atoms with Gasteiger partial charge in [0.1, 0.15) is 0 Å². The summed E-state index contributed by atoms with van der Waals surface area (Å²) in [6, 6.07) is 4.51. The van der Waals surface area contributed by atoms with E-state index in [1.165, 1.54) is 24.0 Å². The molecule has 1 N–H and O–H groups in total. The van der Waals surface area contributed by atoms with Crippen molar-refractivity contribution in [2.24, 2.45) is 0 Å². The highest BCUT2D eigenvalue weighted by atomic mass is 16.5. The van der Waals surface area contributed by atoms with E-state index in [-0.39, 0.29) is 0 Å². The fraction of sp³-hybridized carbons (Fsp3) is 0.600. The largest absolute Gasteiger partial charge is 0.493 e. The van der Waals surface area contributed by atoms with Crippen LogP contribution in [0.5, 0.6) is 11.5 Å². The zero-order valence-corrected chi connectivity index (χ0v) is 12.2. The zero-order valence-electron chi connectivity index (χ0n) is 12.2. The standard InChI is InChI=1S/C15H25NO2/c1-6-7-8-13(16-3)12-10-15(18-5)14(17-4)9-11(12)2/h9-10,13,16H,6-8H2,1-5H3. The third kappa shape index (κ3) is 3.39. The smallest absolute Gasteiger partial charge is 0.161 e. The first-order valence-electron chi connectivity index (χ1n) is 6.57. The molecule has 1 unspecified atom stereocenters. The van der Waals surface area contributed by atoms with E-state index in [0.29, 0.717) is 6.04 Å². The van der Waals surface area contributed by atoms with Crippen LogP contribution in [0.2, 0.25) is 0 Å². The monoisotopic (exact) mass is 251 g/mol. The predicted molar refractivity (Wildman–Crippen MR) is 75.6 cm³/mol. The Bertz CT molecular complexity index is 377. The van der Waals surface area contributed by atoms with Gasteiger partial charge in [0.25, 0.3) is 0 Å². The molecule has 0 radical (unpaired) electrons. The van der Waals surface area contributed by atoms with Gasteiger partial charge in [0.05, 0.1) is 14.2 Å². The molecule has 1 aromatic rings. The van der Waals surface area contributed by atoms with Gasteiger partial charge in [-0.15, -0.1) is 0 Å². The van der Waals surface area contributed by atoms with Crippen LogP contribution < -0.4 is 14.8 Å². The molecule has 0 heterocycles. The van der Waals surface area contributed by atoms with Gasteiger partial charge in [0.15, 0.2) is 11.5 Å². The lowest BCUT2D eigenvalue weighted by Crippen LogP contribution is -2.17. The van der Waals surface area contributed by atoms with Crippen LogP contribution in [0.4, 0.5) is 0 Å². The summed E-state index contributed by atoms with van der Waals surface area (Å²) >= 11 is 0. The van der Waals surface area contributed by atoms with Crippen LogP contribution in [0.15, 0.2) is 12.1 Å². The van der Waals surface area contributed by atoms with E-state index in [1.807, 2.05) is 13.1 Å². The molecule has 18 heavy (non-hydrogen) atoms. The Morgan fingerprint density at radius 1 is 1.17 bits per heavy atom. The lowest BCUT2D eigenvalue weighted by atomic mass is 9.96. The molecule has 0 aliphatic rings. The third-order valence-electron chi connectivity index (χ3n) is 3.34. The average Bonchev–Trinajstić information content (AvgIpc) is 2.40. The van der Waals surface area contributed by atoms with Crippen LogP contribution in [-0.2, 0) is 0 Å². The quantitative estimate of drug-likeness (QED) is 0.805. The van der Waals surface area contributed by atoms with Crippen molar-refractivity contribution >= 4 is 0 Å². The summed E-state index contributed by atoms with van der Waals surface area (Å²) in [5.74, 6) is 1.60. The first-order valence-corrected chi connectivity index (χ1v) is 6.57. The molecule has 1 aromatic carbocycles. The summed E-state index contributed by atoms with van der Waals surface area (Å²) in [4.78, 5) is 0. The Kier molecular flexibility index (Phi) is 5.99. The van der Waals surface area contributed by atoms with Crippen LogP contribution in [0, 0.1) is 6.92 Å². The van der Waals surface area contributed by atoms with Crippen molar-refractivity contribution in [3.05, 3.63) is 23.3 Å². The summed E-state index contributed by atoms with van der Waals surface area (Å²) in [7, 11) is 5.36. The van der Waals surface area contributed by atoms with E-state index in [4.69, 9.17) is 9.47 Å².